The summed E-state index contributed by atoms with van der Waals surface area (Å²) in [5.74, 6) is 0.0510. The largest absolute Gasteiger partial charge is 0.378 e. The van der Waals surface area contributed by atoms with Gasteiger partial charge in [0.1, 0.15) is 0 Å². The maximum absolute atomic E-state index is 11.8. The predicted octanol–water partition coefficient (Wildman–Crippen LogP) is 3.66. The van der Waals surface area contributed by atoms with Gasteiger partial charge in [-0.3, -0.25) is 4.79 Å². The molecule has 1 aliphatic heterocycles. The molecule has 1 atom stereocenters. The summed E-state index contributed by atoms with van der Waals surface area (Å²) < 4.78 is 6.43. The minimum Gasteiger partial charge on any atom is -0.378 e. The first-order valence-electron chi connectivity index (χ1n) is 6.33. The van der Waals surface area contributed by atoms with Crippen LogP contribution in [-0.2, 0) is 9.53 Å². The number of halogens is 1. The van der Waals surface area contributed by atoms with Crippen LogP contribution in [0.4, 0.5) is 5.69 Å². The van der Waals surface area contributed by atoms with Crippen molar-refractivity contribution in [3.63, 3.8) is 0 Å². The highest BCUT2D eigenvalue weighted by atomic mass is 79.9. The van der Waals surface area contributed by atoms with Gasteiger partial charge in [-0.2, -0.15) is 0 Å². The molecule has 1 aromatic carbocycles. The van der Waals surface area contributed by atoms with Crippen LogP contribution in [0, 0.1) is 6.92 Å². The lowest BCUT2D eigenvalue weighted by Crippen LogP contribution is -2.15. The van der Waals surface area contributed by atoms with Crippen LogP contribution in [0.3, 0.4) is 0 Å². The van der Waals surface area contributed by atoms with Crippen LogP contribution in [0.15, 0.2) is 22.7 Å². The Hall–Kier alpha value is -0.870. The first kappa shape index (κ1) is 13.6. The van der Waals surface area contributed by atoms with Gasteiger partial charge < -0.3 is 10.1 Å². The number of carbonyl (C=O) groups is 1. The molecule has 0 radical (unpaired) electrons. The summed E-state index contributed by atoms with van der Waals surface area (Å²) in [6.45, 7) is 2.86. The molecule has 1 fully saturated rings. The molecule has 1 amide bonds. The quantitative estimate of drug-likeness (QED) is 0.921. The monoisotopic (exact) mass is 311 g/mol. The molecule has 1 aromatic rings. The number of rotatable bonds is 4. The maximum atomic E-state index is 11.8. The Bertz CT molecular complexity index is 428. The van der Waals surface area contributed by atoms with Gasteiger partial charge in [-0.25, -0.2) is 0 Å². The molecule has 0 unspecified atom stereocenters. The van der Waals surface area contributed by atoms with Crippen molar-refractivity contribution < 1.29 is 9.53 Å². The fourth-order valence-electron chi connectivity index (χ4n) is 2.10. The Morgan fingerprint density at radius 1 is 1.56 bits per heavy atom. The summed E-state index contributed by atoms with van der Waals surface area (Å²) in [6, 6.07) is 5.90. The van der Waals surface area contributed by atoms with Crippen LogP contribution >= 0.6 is 15.9 Å². The Morgan fingerprint density at radius 2 is 2.39 bits per heavy atom. The van der Waals surface area contributed by atoms with E-state index in [-0.39, 0.29) is 12.0 Å². The number of anilines is 1. The standard InChI is InChI=1S/C14H18BrNO2/c1-10-4-6-13(12(15)9-10)16-14(17)7-5-11-3-2-8-18-11/h4,6,9,11H,2-3,5,7-8H2,1H3,(H,16,17)/t11-/m0/s1. The number of amides is 1. The zero-order valence-corrected chi connectivity index (χ0v) is 12.1. The average molecular weight is 312 g/mol. The summed E-state index contributed by atoms with van der Waals surface area (Å²) in [5.41, 5.74) is 2.00. The van der Waals surface area contributed by atoms with Crippen LogP contribution in [0.1, 0.15) is 31.2 Å². The fourth-order valence-corrected chi connectivity index (χ4v) is 2.69. The number of hydrogen-bond donors (Lipinski definition) is 1. The first-order chi connectivity index (χ1) is 8.65. The van der Waals surface area contributed by atoms with Crippen LogP contribution in [0.2, 0.25) is 0 Å². The molecule has 1 aliphatic rings. The second kappa shape index (κ2) is 6.34. The van der Waals surface area contributed by atoms with Gasteiger partial charge in [-0.15, -0.1) is 0 Å². The molecular formula is C14H18BrNO2. The molecule has 1 heterocycles. The van der Waals surface area contributed by atoms with Crippen LogP contribution in [0.25, 0.3) is 0 Å². The lowest BCUT2D eigenvalue weighted by atomic mass is 10.1. The molecule has 0 aliphatic carbocycles. The Morgan fingerprint density at radius 3 is 3.06 bits per heavy atom. The predicted molar refractivity (Wildman–Crippen MR) is 75.7 cm³/mol. The molecule has 0 bridgehead atoms. The van der Waals surface area contributed by atoms with Crippen molar-refractivity contribution in [2.45, 2.75) is 38.7 Å². The zero-order chi connectivity index (χ0) is 13.0. The van der Waals surface area contributed by atoms with Gasteiger partial charge >= 0.3 is 0 Å². The van der Waals surface area contributed by atoms with Gasteiger partial charge in [-0.05, 0) is 59.8 Å². The minimum atomic E-state index is 0.0510. The summed E-state index contributed by atoms with van der Waals surface area (Å²) in [5, 5.41) is 2.92. The molecule has 0 saturated carbocycles. The van der Waals surface area contributed by atoms with Crippen LogP contribution < -0.4 is 5.32 Å². The molecule has 18 heavy (non-hydrogen) atoms. The lowest BCUT2D eigenvalue weighted by molar-refractivity contribution is -0.116. The third-order valence-electron chi connectivity index (χ3n) is 3.12. The van der Waals surface area contributed by atoms with Gasteiger partial charge in [0.25, 0.3) is 0 Å². The second-order valence-corrected chi connectivity index (χ2v) is 5.56. The highest BCUT2D eigenvalue weighted by Gasteiger charge is 2.16. The number of benzene rings is 1. The topological polar surface area (TPSA) is 38.3 Å². The summed E-state index contributed by atoms with van der Waals surface area (Å²) in [4.78, 5) is 11.8. The van der Waals surface area contributed by atoms with Crippen molar-refractivity contribution >= 4 is 27.5 Å². The fraction of sp³-hybridized carbons (Fsp3) is 0.500. The van der Waals surface area contributed by atoms with Crippen molar-refractivity contribution in [2.24, 2.45) is 0 Å². The van der Waals surface area contributed by atoms with E-state index in [2.05, 4.69) is 21.2 Å². The van der Waals surface area contributed by atoms with Crippen LogP contribution in [0.5, 0.6) is 0 Å². The first-order valence-corrected chi connectivity index (χ1v) is 7.12. The molecule has 3 nitrogen and oxygen atoms in total. The molecule has 4 heteroatoms. The zero-order valence-electron chi connectivity index (χ0n) is 10.5. The average Bonchev–Trinajstić information content (AvgIpc) is 2.83. The SMILES string of the molecule is Cc1ccc(NC(=O)CC[C@@H]2CCCO2)c(Br)c1. The van der Waals surface area contributed by atoms with Crippen molar-refractivity contribution in [3.8, 4) is 0 Å². The van der Waals surface area contributed by atoms with Gasteiger partial charge in [0.2, 0.25) is 5.91 Å². The van der Waals surface area contributed by atoms with Crippen LogP contribution in [-0.4, -0.2) is 18.6 Å². The molecule has 98 valence electrons. The number of hydrogen-bond acceptors (Lipinski definition) is 2. The molecule has 1 N–H and O–H groups in total. The van der Waals surface area contributed by atoms with Crippen molar-refractivity contribution in [1.82, 2.24) is 0 Å². The van der Waals surface area contributed by atoms with Gasteiger partial charge in [0.05, 0.1) is 11.8 Å². The van der Waals surface area contributed by atoms with Crippen molar-refractivity contribution in [1.29, 1.82) is 0 Å². The number of aryl methyl sites for hydroxylation is 1. The molecule has 0 aromatic heterocycles. The third kappa shape index (κ3) is 3.82. The maximum Gasteiger partial charge on any atom is 0.224 e. The highest BCUT2D eigenvalue weighted by molar-refractivity contribution is 9.10. The normalized spacial score (nSPS) is 18.9. The van der Waals surface area contributed by atoms with E-state index in [9.17, 15) is 4.79 Å². The second-order valence-electron chi connectivity index (χ2n) is 4.71. The molecular weight excluding hydrogens is 294 g/mol. The van der Waals surface area contributed by atoms with Crippen molar-refractivity contribution in [3.05, 3.63) is 28.2 Å². The Balaban J connectivity index is 1.82. The Labute approximate surface area is 116 Å². The van der Waals surface area contributed by atoms with Gasteiger partial charge in [-0.1, -0.05) is 6.07 Å². The van der Waals surface area contributed by atoms with E-state index in [0.29, 0.717) is 6.42 Å². The third-order valence-corrected chi connectivity index (χ3v) is 3.77. The Kier molecular flexibility index (Phi) is 4.78. The number of ether oxygens (including phenoxy) is 1. The van der Waals surface area contributed by atoms with E-state index in [4.69, 9.17) is 4.74 Å². The number of carbonyl (C=O) groups excluding carboxylic acids is 1. The smallest absolute Gasteiger partial charge is 0.224 e. The van der Waals surface area contributed by atoms with E-state index in [1.165, 1.54) is 5.56 Å². The van der Waals surface area contributed by atoms with Crippen molar-refractivity contribution in [2.75, 3.05) is 11.9 Å². The van der Waals surface area contributed by atoms with E-state index < -0.39 is 0 Å². The molecule has 0 spiro atoms. The van der Waals surface area contributed by atoms with E-state index in [0.717, 1.165) is 36.0 Å². The van der Waals surface area contributed by atoms with Gasteiger partial charge in [0, 0.05) is 17.5 Å². The lowest BCUT2D eigenvalue weighted by Gasteiger charge is -2.10. The minimum absolute atomic E-state index is 0.0510. The summed E-state index contributed by atoms with van der Waals surface area (Å²) in [6.07, 6.45) is 3.81. The molecule has 1 saturated heterocycles. The van der Waals surface area contributed by atoms with Gasteiger partial charge in [0.15, 0.2) is 0 Å². The number of nitrogens with one attached hydrogen (secondary N) is 1. The molecule has 2 rings (SSSR count). The van der Waals surface area contributed by atoms with E-state index in [1.54, 1.807) is 0 Å². The summed E-state index contributed by atoms with van der Waals surface area (Å²) >= 11 is 3.45. The van der Waals surface area contributed by atoms with E-state index >= 15 is 0 Å². The summed E-state index contributed by atoms with van der Waals surface area (Å²) in [7, 11) is 0. The highest BCUT2D eigenvalue weighted by Crippen LogP contribution is 2.24. The van der Waals surface area contributed by atoms with E-state index in [1.807, 2.05) is 25.1 Å².